The second-order valence-corrected chi connectivity index (χ2v) is 6.39. The lowest BCUT2D eigenvalue weighted by molar-refractivity contribution is -0.137. The minimum atomic E-state index is -4.48. The van der Waals surface area contributed by atoms with Crippen molar-refractivity contribution in [3.63, 3.8) is 0 Å². The van der Waals surface area contributed by atoms with Crippen LogP contribution in [0.1, 0.15) is 18.2 Å². The van der Waals surface area contributed by atoms with Gasteiger partial charge in [0.15, 0.2) is 9.71 Å². The predicted molar refractivity (Wildman–Crippen MR) is 72.8 cm³/mol. The molecule has 2 aromatic rings. The van der Waals surface area contributed by atoms with Crippen LogP contribution in [0.15, 0.2) is 47.5 Å². The van der Waals surface area contributed by atoms with Gasteiger partial charge in [0.2, 0.25) is 5.23 Å². The van der Waals surface area contributed by atoms with E-state index in [1.807, 2.05) is 6.92 Å². The molecule has 21 heavy (non-hydrogen) atoms. The highest BCUT2D eigenvalue weighted by Crippen LogP contribution is 2.30. The van der Waals surface area contributed by atoms with Gasteiger partial charge in [0, 0.05) is 11.9 Å². The van der Waals surface area contributed by atoms with Crippen LogP contribution in [0.3, 0.4) is 0 Å². The van der Waals surface area contributed by atoms with Gasteiger partial charge in [-0.25, -0.2) is 9.00 Å². The summed E-state index contributed by atoms with van der Waals surface area (Å²) in [6.07, 6.45) is -2.48. The Kier molecular flexibility index (Phi) is 3.98. The molecule has 0 radical (unpaired) electrons. The fraction of sp³-hybridized carbons (Fsp3) is 0.214. The standard InChI is InChI=1S/C14H12F3NO2S/c1-2-12-4-3-9-18(12)21(20,10-19)13-7-5-11(6-8-13)14(15,16)17/h3-9H,2H2,1H3. The predicted octanol–water partition coefficient (Wildman–Crippen LogP) is 3.24. The molecule has 3 nitrogen and oxygen atoms in total. The molecule has 7 heteroatoms. The minimum Gasteiger partial charge on any atom is -0.267 e. The van der Waals surface area contributed by atoms with E-state index in [0.717, 1.165) is 24.3 Å². The van der Waals surface area contributed by atoms with Crippen LogP contribution in [0.2, 0.25) is 0 Å². The van der Waals surface area contributed by atoms with Gasteiger partial charge in [0.25, 0.3) is 0 Å². The zero-order valence-corrected chi connectivity index (χ0v) is 11.9. The Morgan fingerprint density at radius 2 is 1.81 bits per heavy atom. The molecular weight excluding hydrogens is 303 g/mol. The van der Waals surface area contributed by atoms with Gasteiger partial charge in [-0.15, -0.1) is 0 Å². The highest BCUT2D eigenvalue weighted by Gasteiger charge is 2.30. The fourth-order valence-electron chi connectivity index (χ4n) is 1.96. The molecule has 0 saturated heterocycles. The van der Waals surface area contributed by atoms with Gasteiger partial charge in [0.05, 0.1) is 10.5 Å². The van der Waals surface area contributed by atoms with E-state index in [1.165, 1.54) is 15.4 Å². The van der Waals surface area contributed by atoms with Crippen molar-refractivity contribution < 1.29 is 22.2 Å². The summed E-state index contributed by atoms with van der Waals surface area (Å²) in [5, 5.41) is 1.49. The van der Waals surface area contributed by atoms with Crippen molar-refractivity contribution in [2.24, 2.45) is 0 Å². The Balaban J connectivity index is 2.58. The highest BCUT2D eigenvalue weighted by molar-refractivity contribution is 7.99. The van der Waals surface area contributed by atoms with Crippen LogP contribution in [0, 0.1) is 0 Å². The van der Waals surface area contributed by atoms with Crippen LogP contribution in [0.25, 0.3) is 0 Å². The number of hydrogen-bond donors (Lipinski definition) is 0. The molecule has 1 unspecified atom stereocenters. The molecule has 0 saturated carbocycles. The Bertz CT molecular complexity index is 777. The first-order valence-electron chi connectivity index (χ1n) is 6.10. The van der Waals surface area contributed by atoms with E-state index in [2.05, 4.69) is 0 Å². The zero-order chi connectivity index (χ0) is 15.7. The third-order valence-corrected chi connectivity index (χ3v) is 5.09. The average molecular weight is 315 g/mol. The lowest BCUT2D eigenvalue weighted by atomic mass is 10.2. The SMILES string of the molecule is CCc1cccn1S(=O)(=C=O)c1ccc(C(F)(F)F)cc1. The Labute approximate surface area is 120 Å². The molecule has 0 bridgehead atoms. The molecule has 0 spiro atoms. The Hall–Kier alpha value is -1.98. The van der Waals surface area contributed by atoms with Gasteiger partial charge < -0.3 is 0 Å². The first-order chi connectivity index (χ1) is 9.82. The molecule has 112 valence electrons. The maximum Gasteiger partial charge on any atom is 0.416 e. The number of carbonyl (C=O) groups excluding carboxylic acids is 1. The second-order valence-electron chi connectivity index (χ2n) is 4.31. The Morgan fingerprint density at radius 1 is 1.19 bits per heavy atom. The van der Waals surface area contributed by atoms with Gasteiger partial charge in [-0.1, -0.05) is 6.92 Å². The van der Waals surface area contributed by atoms with Crippen LogP contribution in [0.5, 0.6) is 0 Å². The summed E-state index contributed by atoms with van der Waals surface area (Å²) in [6.45, 7) is 1.82. The lowest BCUT2D eigenvalue weighted by Gasteiger charge is -2.13. The summed E-state index contributed by atoms with van der Waals surface area (Å²) in [4.78, 5) is 11.2. The van der Waals surface area contributed by atoms with E-state index in [4.69, 9.17) is 0 Å². The molecule has 1 aromatic heterocycles. The maximum absolute atomic E-state index is 12.8. The number of alkyl halides is 3. The summed E-state index contributed by atoms with van der Waals surface area (Å²) in [7, 11) is -3.40. The first-order valence-corrected chi connectivity index (χ1v) is 7.61. The summed E-state index contributed by atoms with van der Waals surface area (Å²) < 4.78 is 51.7. The van der Waals surface area contributed by atoms with E-state index < -0.39 is 21.4 Å². The van der Waals surface area contributed by atoms with E-state index in [1.54, 1.807) is 12.1 Å². The third-order valence-electron chi connectivity index (χ3n) is 3.05. The third kappa shape index (κ3) is 2.75. The van der Waals surface area contributed by atoms with Crippen molar-refractivity contribution in [2.45, 2.75) is 24.4 Å². The van der Waals surface area contributed by atoms with Crippen LogP contribution in [0.4, 0.5) is 13.2 Å². The largest absolute Gasteiger partial charge is 0.416 e. The zero-order valence-electron chi connectivity index (χ0n) is 11.1. The summed E-state index contributed by atoms with van der Waals surface area (Å²) in [5.74, 6) is 0. The molecule has 1 heterocycles. The monoisotopic (exact) mass is 315 g/mol. The van der Waals surface area contributed by atoms with E-state index in [-0.39, 0.29) is 4.90 Å². The molecule has 0 aliphatic heterocycles. The van der Waals surface area contributed by atoms with Crippen LogP contribution in [-0.2, 0) is 27.1 Å². The van der Waals surface area contributed by atoms with Crippen molar-refractivity contribution in [1.82, 2.24) is 3.97 Å². The normalized spacial score (nSPS) is 14.5. The van der Waals surface area contributed by atoms with E-state index >= 15 is 0 Å². The van der Waals surface area contributed by atoms with Crippen molar-refractivity contribution in [2.75, 3.05) is 0 Å². The molecular formula is C14H12F3NO2S. The number of halogens is 3. The molecule has 2 rings (SSSR count). The minimum absolute atomic E-state index is 0.00333. The Morgan fingerprint density at radius 3 is 2.29 bits per heavy atom. The first kappa shape index (κ1) is 15.4. The van der Waals surface area contributed by atoms with E-state index in [0.29, 0.717) is 12.1 Å². The quantitative estimate of drug-likeness (QED) is 0.816. The molecule has 1 aromatic carbocycles. The van der Waals surface area contributed by atoms with Crippen molar-refractivity contribution in [1.29, 1.82) is 0 Å². The number of nitrogens with zero attached hydrogens (tertiary/aromatic N) is 1. The smallest absolute Gasteiger partial charge is 0.267 e. The lowest BCUT2D eigenvalue weighted by Crippen LogP contribution is -2.16. The summed E-state index contributed by atoms with van der Waals surface area (Å²) >= 11 is 0. The second kappa shape index (κ2) is 5.42. The topological polar surface area (TPSA) is 39.1 Å². The van der Waals surface area contributed by atoms with Gasteiger partial charge in [-0.3, -0.25) is 3.97 Å². The van der Waals surface area contributed by atoms with Crippen LogP contribution < -0.4 is 0 Å². The molecule has 0 fully saturated rings. The van der Waals surface area contributed by atoms with Crippen molar-refractivity contribution >= 4 is 14.9 Å². The fourth-order valence-corrected chi connectivity index (χ4v) is 3.63. The molecule has 1 atom stereocenters. The maximum atomic E-state index is 12.8. The highest BCUT2D eigenvalue weighted by atomic mass is 32.2. The van der Waals surface area contributed by atoms with Gasteiger partial charge in [-0.05, 0) is 42.8 Å². The molecule has 0 aliphatic rings. The van der Waals surface area contributed by atoms with Crippen molar-refractivity contribution in [3.8, 4) is 0 Å². The number of benzene rings is 1. The summed E-state index contributed by atoms with van der Waals surface area (Å²) in [5.41, 5.74) is -0.217. The van der Waals surface area contributed by atoms with Crippen LogP contribution in [-0.4, -0.2) is 13.4 Å². The van der Waals surface area contributed by atoms with Crippen LogP contribution >= 0.6 is 0 Å². The average Bonchev–Trinajstić information content (AvgIpc) is 2.94. The van der Waals surface area contributed by atoms with Gasteiger partial charge in [-0.2, -0.15) is 13.2 Å². The van der Waals surface area contributed by atoms with Gasteiger partial charge >= 0.3 is 6.18 Å². The summed E-state index contributed by atoms with van der Waals surface area (Å²) in [6, 6.07) is 7.04. The van der Waals surface area contributed by atoms with E-state index in [9.17, 15) is 22.2 Å². The number of aryl methyl sites for hydroxylation is 1. The molecule has 0 aliphatic carbocycles. The number of hydrogen-bond acceptors (Lipinski definition) is 2. The number of aromatic nitrogens is 1. The number of rotatable bonds is 3. The van der Waals surface area contributed by atoms with Crippen molar-refractivity contribution in [3.05, 3.63) is 53.9 Å². The molecule has 0 amide bonds. The molecule has 0 N–H and O–H groups in total. The van der Waals surface area contributed by atoms with Gasteiger partial charge in [0.1, 0.15) is 0 Å².